The summed E-state index contributed by atoms with van der Waals surface area (Å²) in [6, 6.07) is 0. The fourth-order valence-electron chi connectivity index (χ4n) is 5.53. The Morgan fingerprint density at radius 2 is 0.860 bits per heavy atom. The van der Waals surface area contributed by atoms with Crippen molar-refractivity contribution in [3.05, 3.63) is 72.9 Å². The summed E-state index contributed by atoms with van der Waals surface area (Å²) >= 11 is 0. The van der Waals surface area contributed by atoms with Gasteiger partial charge < -0.3 is 25.5 Å². The number of aliphatic hydroxyl groups is 3. The van der Waals surface area contributed by atoms with Gasteiger partial charge in [-0.05, 0) is 103 Å². The van der Waals surface area contributed by atoms with Crippen molar-refractivity contribution in [3.8, 4) is 0 Å². The van der Waals surface area contributed by atoms with E-state index in [0.29, 0.717) is 19.6 Å². The second-order valence-corrected chi connectivity index (χ2v) is 13.9. The predicted octanol–water partition coefficient (Wildman–Crippen LogP) is 9.31. The molecule has 0 aromatic carbocycles. The number of likely N-dealkylation sites (N-methyl/N-ethyl adjacent to an activating group) is 1. The lowest BCUT2D eigenvalue weighted by atomic mass is 10.1. The largest absolute Gasteiger partial charge is 0.392 e. The third kappa shape index (κ3) is 36.0. The lowest BCUT2D eigenvalue weighted by Gasteiger charge is -2.29. The second-order valence-electron chi connectivity index (χ2n) is 13.9. The van der Waals surface area contributed by atoms with Gasteiger partial charge >= 0.3 is 0 Å². The maximum absolute atomic E-state index is 10.9. The van der Waals surface area contributed by atoms with E-state index >= 15 is 0 Å². The number of nitrogens with zero attached hydrogens (tertiary/aromatic N) is 2. The highest BCUT2D eigenvalue weighted by Crippen LogP contribution is 2.09. The Morgan fingerprint density at radius 3 is 1.26 bits per heavy atom. The van der Waals surface area contributed by atoms with Gasteiger partial charge in [-0.25, -0.2) is 0 Å². The molecule has 0 aromatic rings. The Hall–Kier alpha value is -1.80. The van der Waals surface area contributed by atoms with Crippen LogP contribution in [0.2, 0.25) is 0 Å². The third-order valence-corrected chi connectivity index (χ3v) is 8.69. The average molecular weight is 700 g/mol. The summed E-state index contributed by atoms with van der Waals surface area (Å²) in [5.74, 6) is 0. The van der Waals surface area contributed by atoms with Crippen LogP contribution in [0.3, 0.4) is 0 Å². The summed E-state index contributed by atoms with van der Waals surface area (Å²) in [5, 5.41) is 35.6. The number of aliphatic hydroxyl groups excluding tert-OH is 3. The first-order chi connectivity index (χ1) is 24.4. The molecule has 6 nitrogen and oxygen atoms in total. The van der Waals surface area contributed by atoms with Crippen LogP contribution in [0.15, 0.2) is 72.9 Å². The van der Waals surface area contributed by atoms with Crippen molar-refractivity contribution in [2.75, 3.05) is 52.9 Å². The molecule has 0 spiro atoms. The lowest BCUT2D eigenvalue weighted by molar-refractivity contribution is 0.0571. The van der Waals surface area contributed by atoms with Crippen LogP contribution < -0.4 is 5.32 Å². The van der Waals surface area contributed by atoms with E-state index in [-0.39, 0.29) is 6.10 Å². The lowest BCUT2D eigenvalue weighted by Crippen LogP contribution is -2.43. The van der Waals surface area contributed by atoms with Crippen molar-refractivity contribution < 1.29 is 15.3 Å². The van der Waals surface area contributed by atoms with E-state index in [1.54, 1.807) is 0 Å². The molecule has 0 bridgehead atoms. The molecule has 6 heteroatoms. The standard InChI is InChI=1S/C44H81N3O3/c1-5-8-11-14-17-20-23-26-29-32-42(48)39-45-35-36-46(4)37-38-47(40-43(49)33-30-27-24-21-18-15-12-9-6-2)41-44(50)34-31-28-25-22-19-16-13-10-7-3/h11-16,20-25,42-45,48-50H,5-10,17-19,26-41H2,1-4H3/b14-11-,15-12-,16-13-,23-20-,24-21-,25-22-. The first-order valence-electron chi connectivity index (χ1n) is 20.5. The molecule has 0 fully saturated rings. The molecule has 0 aromatic heterocycles. The zero-order valence-corrected chi connectivity index (χ0v) is 33.1. The summed E-state index contributed by atoms with van der Waals surface area (Å²) in [7, 11) is 2.13. The van der Waals surface area contributed by atoms with Crippen LogP contribution >= 0.6 is 0 Å². The number of rotatable bonds is 36. The maximum Gasteiger partial charge on any atom is 0.0667 e. The van der Waals surface area contributed by atoms with Gasteiger partial charge in [0.15, 0.2) is 0 Å². The zero-order chi connectivity index (χ0) is 36.8. The summed E-state index contributed by atoms with van der Waals surface area (Å²) in [6.07, 6.45) is 44.0. The highest BCUT2D eigenvalue weighted by Gasteiger charge is 2.16. The molecule has 0 aliphatic heterocycles. The normalized spacial score (nSPS) is 14.8. The van der Waals surface area contributed by atoms with Gasteiger partial charge in [-0.15, -0.1) is 0 Å². The molecule has 290 valence electrons. The first-order valence-corrected chi connectivity index (χ1v) is 20.5. The van der Waals surface area contributed by atoms with Crippen molar-refractivity contribution in [1.82, 2.24) is 15.1 Å². The number of unbranched alkanes of at least 4 members (excludes halogenated alkanes) is 6. The van der Waals surface area contributed by atoms with Crippen LogP contribution in [0.1, 0.15) is 136 Å². The molecule has 3 atom stereocenters. The van der Waals surface area contributed by atoms with Crippen LogP contribution in [0.5, 0.6) is 0 Å². The minimum atomic E-state index is -0.393. The Labute approximate surface area is 310 Å². The van der Waals surface area contributed by atoms with E-state index in [1.807, 2.05) is 0 Å². The number of hydrogen-bond donors (Lipinski definition) is 4. The molecule has 0 saturated carbocycles. The Balaban J connectivity index is 4.54. The zero-order valence-electron chi connectivity index (χ0n) is 33.1. The topological polar surface area (TPSA) is 79.2 Å². The van der Waals surface area contributed by atoms with Crippen molar-refractivity contribution >= 4 is 0 Å². The van der Waals surface area contributed by atoms with E-state index in [2.05, 4.69) is 116 Å². The molecular formula is C44H81N3O3. The van der Waals surface area contributed by atoms with Crippen LogP contribution in [-0.2, 0) is 0 Å². The number of hydrogen-bond acceptors (Lipinski definition) is 6. The van der Waals surface area contributed by atoms with Gasteiger partial charge in [0, 0.05) is 45.8 Å². The van der Waals surface area contributed by atoms with Crippen molar-refractivity contribution in [3.63, 3.8) is 0 Å². The van der Waals surface area contributed by atoms with Crippen LogP contribution in [0.4, 0.5) is 0 Å². The van der Waals surface area contributed by atoms with Gasteiger partial charge in [0.05, 0.1) is 18.3 Å². The summed E-state index contributed by atoms with van der Waals surface area (Å²) in [5.41, 5.74) is 0. The molecule has 50 heavy (non-hydrogen) atoms. The van der Waals surface area contributed by atoms with E-state index in [0.717, 1.165) is 122 Å². The molecule has 0 rings (SSSR count). The van der Waals surface area contributed by atoms with Crippen molar-refractivity contribution in [1.29, 1.82) is 0 Å². The Bertz CT molecular complexity index is 840. The van der Waals surface area contributed by atoms with Gasteiger partial charge in [0.1, 0.15) is 0 Å². The average Bonchev–Trinajstić information content (AvgIpc) is 3.10. The summed E-state index contributed by atoms with van der Waals surface area (Å²) in [4.78, 5) is 4.55. The van der Waals surface area contributed by atoms with Gasteiger partial charge in [0.2, 0.25) is 0 Å². The number of allylic oxidation sites excluding steroid dienone is 12. The van der Waals surface area contributed by atoms with Crippen molar-refractivity contribution in [2.24, 2.45) is 0 Å². The monoisotopic (exact) mass is 700 g/mol. The van der Waals surface area contributed by atoms with Crippen LogP contribution in [0.25, 0.3) is 0 Å². The maximum atomic E-state index is 10.9. The van der Waals surface area contributed by atoms with E-state index in [1.165, 1.54) is 19.3 Å². The van der Waals surface area contributed by atoms with Crippen molar-refractivity contribution in [2.45, 2.75) is 155 Å². The summed E-state index contributed by atoms with van der Waals surface area (Å²) in [6.45, 7) is 11.8. The predicted molar refractivity (Wildman–Crippen MR) is 220 cm³/mol. The molecule has 0 heterocycles. The SMILES string of the molecule is CCC/C=C\C/C=C\CCCC(O)CNCCN(C)CCN(CC(O)CCC/C=C\C/C=C\CCC)CC(O)CCC/C=C\C/C=C\CCC. The first kappa shape index (κ1) is 48.2. The van der Waals surface area contributed by atoms with E-state index < -0.39 is 12.2 Å². The summed E-state index contributed by atoms with van der Waals surface area (Å²) < 4.78 is 0. The van der Waals surface area contributed by atoms with Crippen LogP contribution in [0, 0.1) is 0 Å². The van der Waals surface area contributed by atoms with E-state index in [4.69, 9.17) is 0 Å². The highest BCUT2D eigenvalue weighted by molar-refractivity contribution is 4.94. The molecule has 4 N–H and O–H groups in total. The quantitative estimate of drug-likeness (QED) is 0.0386. The molecule has 0 saturated heterocycles. The van der Waals surface area contributed by atoms with Gasteiger partial charge in [0.25, 0.3) is 0 Å². The van der Waals surface area contributed by atoms with Gasteiger partial charge in [-0.2, -0.15) is 0 Å². The molecule has 3 unspecified atom stereocenters. The van der Waals surface area contributed by atoms with Gasteiger partial charge in [-0.1, -0.05) is 113 Å². The van der Waals surface area contributed by atoms with Crippen LogP contribution in [-0.4, -0.2) is 96.3 Å². The molecule has 0 amide bonds. The Morgan fingerprint density at radius 1 is 0.480 bits per heavy atom. The van der Waals surface area contributed by atoms with Gasteiger partial charge in [-0.3, -0.25) is 4.90 Å². The fourth-order valence-corrected chi connectivity index (χ4v) is 5.53. The van der Waals surface area contributed by atoms with E-state index in [9.17, 15) is 15.3 Å². The third-order valence-electron chi connectivity index (χ3n) is 8.69. The molecule has 0 radical (unpaired) electrons. The fraction of sp³-hybridized carbons (Fsp3) is 0.727. The smallest absolute Gasteiger partial charge is 0.0667 e. The number of nitrogens with one attached hydrogen (secondary N) is 1. The Kier molecular flexibility index (Phi) is 37.0. The molecule has 0 aliphatic carbocycles. The highest BCUT2D eigenvalue weighted by atomic mass is 16.3. The minimum absolute atomic E-state index is 0.312. The second kappa shape index (κ2) is 38.4. The minimum Gasteiger partial charge on any atom is -0.392 e. The molecule has 0 aliphatic rings. The molecular weight excluding hydrogens is 619 g/mol.